The number of rotatable bonds is 9. The van der Waals surface area contributed by atoms with Gasteiger partial charge < -0.3 is 20.1 Å². The lowest BCUT2D eigenvalue weighted by Gasteiger charge is -2.28. The summed E-state index contributed by atoms with van der Waals surface area (Å²) in [6.07, 6.45) is 10.2. The molecule has 1 amide bonds. The topological polar surface area (TPSA) is 124 Å². The number of ether oxygens (including phenoxy) is 2. The van der Waals surface area contributed by atoms with Gasteiger partial charge in [0.25, 0.3) is 0 Å². The number of nitrogens with one attached hydrogen (secondary N) is 2. The highest BCUT2D eigenvalue weighted by atomic mass is 32.2. The summed E-state index contributed by atoms with van der Waals surface area (Å²) < 4.78 is 40.8. The number of anilines is 2. The fourth-order valence-electron chi connectivity index (χ4n) is 6.30. The van der Waals surface area contributed by atoms with Crippen molar-refractivity contribution < 1.29 is 22.7 Å². The molecule has 0 bridgehead atoms. The van der Waals surface area contributed by atoms with Crippen molar-refractivity contribution in [3.8, 4) is 10.4 Å². The summed E-state index contributed by atoms with van der Waals surface area (Å²) in [5, 5.41) is 11.7. The first-order valence-electron chi connectivity index (χ1n) is 15.9. The Morgan fingerprint density at radius 2 is 1.86 bits per heavy atom. The average Bonchev–Trinajstić information content (AvgIpc) is 3.59. The van der Waals surface area contributed by atoms with Crippen LogP contribution in [-0.4, -0.2) is 53.3 Å². The molecule has 3 aliphatic rings. The molecule has 238 valence electrons. The van der Waals surface area contributed by atoms with Gasteiger partial charge in [0, 0.05) is 47.8 Å². The van der Waals surface area contributed by atoms with E-state index in [1.54, 1.807) is 17.4 Å². The maximum absolute atomic E-state index is 13.9. The second kappa shape index (κ2) is 13.2. The third-order valence-corrected chi connectivity index (χ3v) is 12.4. The van der Waals surface area contributed by atoms with E-state index in [4.69, 9.17) is 19.6 Å². The van der Waals surface area contributed by atoms with Crippen LogP contribution < -0.4 is 10.6 Å². The molecular formula is C32H43N5O5S2. The van der Waals surface area contributed by atoms with Crippen LogP contribution in [0.4, 0.5) is 16.3 Å². The summed E-state index contributed by atoms with van der Waals surface area (Å²) in [5.74, 6) is 0.950. The SMILES string of the molecule is Cc1cc(Nc2ccc(-c3cnc([C@H]4CC[C@H](NC(=O)OC(C)C)CC4)s3)c(S(=O)(=O)C3CCC3)c2)nn1C1CCCCO1. The first kappa shape index (κ1) is 31.0. The molecule has 3 fully saturated rings. The third-order valence-electron chi connectivity index (χ3n) is 8.93. The monoisotopic (exact) mass is 641 g/mol. The van der Waals surface area contributed by atoms with Gasteiger partial charge in [-0.1, -0.05) is 12.5 Å². The number of carbonyl (C=O) groups is 1. The number of hydrogen-bond donors (Lipinski definition) is 2. The van der Waals surface area contributed by atoms with Crippen molar-refractivity contribution in [2.45, 2.75) is 119 Å². The number of alkyl carbamates (subject to hydrolysis) is 1. The molecule has 12 heteroatoms. The normalized spacial score (nSPS) is 22.9. The number of thiazole rings is 1. The Bertz CT molecular complexity index is 1560. The van der Waals surface area contributed by atoms with Crippen LogP contribution >= 0.6 is 11.3 Å². The first-order chi connectivity index (χ1) is 21.2. The number of hydrogen-bond acceptors (Lipinski definition) is 9. The predicted octanol–water partition coefficient (Wildman–Crippen LogP) is 7.24. The van der Waals surface area contributed by atoms with Crippen molar-refractivity contribution >= 4 is 38.8 Å². The minimum absolute atomic E-state index is 0.0653. The summed E-state index contributed by atoms with van der Waals surface area (Å²) in [7, 11) is -3.52. The van der Waals surface area contributed by atoms with Crippen LogP contribution in [0.3, 0.4) is 0 Å². The maximum Gasteiger partial charge on any atom is 0.407 e. The molecule has 2 aromatic heterocycles. The zero-order valence-electron chi connectivity index (χ0n) is 25.8. The molecule has 2 saturated carbocycles. The van der Waals surface area contributed by atoms with Crippen LogP contribution in [0.15, 0.2) is 35.4 Å². The van der Waals surface area contributed by atoms with E-state index in [2.05, 4.69) is 10.6 Å². The van der Waals surface area contributed by atoms with E-state index in [0.29, 0.717) is 34.8 Å². The number of aromatic nitrogens is 3. The van der Waals surface area contributed by atoms with Crippen molar-refractivity contribution in [3.63, 3.8) is 0 Å². The molecule has 2 aliphatic carbocycles. The van der Waals surface area contributed by atoms with Gasteiger partial charge in [-0.3, -0.25) is 0 Å². The zero-order chi connectivity index (χ0) is 30.8. The van der Waals surface area contributed by atoms with Gasteiger partial charge in [0.05, 0.1) is 26.1 Å². The van der Waals surface area contributed by atoms with E-state index in [9.17, 15) is 13.2 Å². The van der Waals surface area contributed by atoms with Gasteiger partial charge in [-0.2, -0.15) is 5.10 Å². The molecule has 0 spiro atoms. The average molecular weight is 642 g/mol. The van der Waals surface area contributed by atoms with Crippen LogP contribution in [0.25, 0.3) is 10.4 Å². The van der Waals surface area contributed by atoms with Crippen molar-refractivity contribution in [2.75, 3.05) is 11.9 Å². The highest BCUT2D eigenvalue weighted by Crippen LogP contribution is 2.42. The van der Waals surface area contributed by atoms with E-state index >= 15 is 0 Å². The second-order valence-electron chi connectivity index (χ2n) is 12.6. The molecule has 1 saturated heterocycles. The Kier molecular flexibility index (Phi) is 9.30. The van der Waals surface area contributed by atoms with Gasteiger partial charge in [0.15, 0.2) is 21.9 Å². The standard InChI is InChI=1S/C32H43N5O5S2/c1-20(2)42-32(38)35-23-12-10-22(11-13-23)31-33-19-27(43-31)26-15-14-24(18-28(26)44(39,40)25-7-6-8-25)34-29-17-21(3)37(36-29)30-9-4-5-16-41-30/h14-15,17-20,22-23,25,30H,4-13,16H2,1-3H3,(H,34,36)(H,35,38)/t22-,23-,30?. The predicted molar refractivity (Wildman–Crippen MR) is 171 cm³/mol. The van der Waals surface area contributed by atoms with Crippen LogP contribution in [0, 0.1) is 6.92 Å². The highest BCUT2D eigenvalue weighted by Gasteiger charge is 2.35. The summed E-state index contributed by atoms with van der Waals surface area (Å²) in [4.78, 5) is 18.0. The number of nitrogens with zero attached hydrogens (tertiary/aromatic N) is 3. The van der Waals surface area contributed by atoms with Crippen molar-refractivity contribution in [3.05, 3.63) is 41.2 Å². The van der Waals surface area contributed by atoms with Crippen molar-refractivity contribution in [2.24, 2.45) is 0 Å². The fraction of sp³-hybridized carbons (Fsp3) is 0.594. The number of benzene rings is 1. The van der Waals surface area contributed by atoms with Crippen LogP contribution in [-0.2, 0) is 19.3 Å². The minimum atomic E-state index is -3.52. The highest BCUT2D eigenvalue weighted by molar-refractivity contribution is 7.92. The fourth-order valence-corrected chi connectivity index (χ4v) is 9.58. The molecule has 0 radical (unpaired) electrons. The molecule has 1 atom stereocenters. The lowest BCUT2D eigenvalue weighted by atomic mass is 9.86. The molecule has 44 heavy (non-hydrogen) atoms. The Morgan fingerprint density at radius 3 is 2.55 bits per heavy atom. The molecule has 1 unspecified atom stereocenters. The quantitative estimate of drug-likeness (QED) is 0.251. The number of amides is 1. The van der Waals surface area contributed by atoms with Crippen molar-refractivity contribution in [1.29, 1.82) is 0 Å². The van der Waals surface area contributed by atoms with Gasteiger partial charge in [-0.05, 0) is 90.7 Å². The molecule has 3 aromatic rings. The largest absolute Gasteiger partial charge is 0.447 e. The molecule has 1 aromatic carbocycles. The van der Waals surface area contributed by atoms with Crippen molar-refractivity contribution in [1.82, 2.24) is 20.1 Å². The lowest BCUT2D eigenvalue weighted by molar-refractivity contribution is -0.0404. The third kappa shape index (κ3) is 6.82. The van der Waals surface area contributed by atoms with Gasteiger partial charge in [-0.25, -0.2) is 22.9 Å². The van der Waals surface area contributed by atoms with Crippen LogP contribution in [0.5, 0.6) is 0 Å². The van der Waals surface area contributed by atoms with Crippen LogP contribution in [0.2, 0.25) is 0 Å². The Labute approximate surface area is 263 Å². The first-order valence-corrected chi connectivity index (χ1v) is 18.3. The lowest BCUT2D eigenvalue weighted by Crippen LogP contribution is -2.38. The van der Waals surface area contributed by atoms with E-state index in [1.807, 2.05) is 49.8 Å². The van der Waals surface area contributed by atoms with Gasteiger partial charge >= 0.3 is 6.09 Å². The minimum Gasteiger partial charge on any atom is -0.447 e. The summed E-state index contributed by atoms with van der Waals surface area (Å²) in [6, 6.07) is 7.66. The second-order valence-corrected chi connectivity index (χ2v) is 15.8. The Hall–Kier alpha value is -2.96. The van der Waals surface area contributed by atoms with Crippen LogP contribution in [0.1, 0.15) is 101 Å². The molecule has 1 aliphatic heterocycles. The van der Waals surface area contributed by atoms with E-state index in [0.717, 1.165) is 73.6 Å². The molecule has 10 nitrogen and oxygen atoms in total. The number of carbonyl (C=O) groups excluding carboxylic acids is 1. The van der Waals surface area contributed by atoms with Gasteiger partial charge in [0.1, 0.15) is 0 Å². The van der Waals surface area contributed by atoms with E-state index in [1.165, 1.54) is 0 Å². The van der Waals surface area contributed by atoms with E-state index < -0.39 is 9.84 Å². The molecule has 6 rings (SSSR count). The Morgan fingerprint density at radius 1 is 1.07 bits per heavy atom. The summed E-state index contributed by atoms with van der Waals surface area (Å²) in [6.45, 7) is 6.43. The van der Waals surface area contributed by atoms with Gasteiger partial charge in [0.2, 0.25) is 0 Å². The number of sulfone groups is 1. The van der Waals surface area contributed by atoms with Gasteiger partial charge in [-0.15, -0.1) is 11.3 Å². The Balaban J connectivity index is 1.20. The zero-order valence-corrected chi connectivity index (χ0v) is 27.4. The maximum atomic E-state index is 13.9. The van der Waals surface area contributed by atoms with E-state index in [-0.39, 0.29) is 35.6 Å². The molecule has 3 heterocycles. The molecular weight excluding hydrogens is 599 g/mol. The smallest absolute Gasteiger partial charge is 0.407 e. The molecule has 2 N–H and O–H groups in total. The number of aryl methyl sites for hydroxylation is 1. The summed E-state index contributed by atoms with van der Waals surface area (Å²) in [5.41, 5.74) is 2.39. The summed E-state index contributed by atoms with van der Waals surface area (Å²) >= 11 is 1.58.